The Labute approximate surface area is 129 Å². The van der Waals surface area contributed by atoms with Crippen LogP contribution in [-0.2, 0) is 0 Å². The van der Waals surface area contributed by atoms with Crippen molar-refractivity contribution in [1.82, 2.24) is 9.55 Å². The Balaban J connectivity index is 2.34. The summed E-state index contributed by atoms with van der Waals surface area (Å²) in [7, 11) is 1.54. The van der Waals surface area contributed by atoms with Gasteiger partial charge in [-0.15, -0.1) is 0 Å². The molecule has 0 aliphatic heterocycles. The Kier molecular flexibility index (Phi) is 3.39. The lowest BCUT2D eigenvalue weighted by Gasteiger charge is -2.10. The molecule has 2 N–H and O–H groups in total. The number of methoxy groups -OCH3 is 1. The van der Waals surface area contributed by atoms with Gasteiger partial charge in [0, 0.05) is 12.1 Å². The first-order chi connectivity index (χ1) is 10.0. The number of nitrogen functional groups attached to an aromatic ring is 1. The van der Waals surface area contributed by atoms with Crippen molar-refractivity contribution in [3.8, 4) is 11.4 Å². The van der Waals surface area contributed by atoms with Crippen LogP contribution in [0.1, 0.15) is 0 Å². The first-order valence-corrected chi connectivity index (χ1v) is 6.73. The molecule has 0 bridgehead atoms. The van der Waals surface area contributed by atoms with E-state index in [1.807, 2.05) is 0 Å². The maximum Gasteiger partial charge on any atom is 0.205 e. The Bertz CT molecular complexity index is 848. The molecular formula is C14H10Cl2FN3O. The number of nitrogens with zero attached hydrogens (tertiary/aromatic N) is 2. The van der Waals surface area contributed by atoms with Gasteiger partial charge in [-0.05, 0) is 18.2 Å². The highest BCUT2D eigenvalue weighted by Gasteiger charge is 2.15. The molecule has 7 heteroatoms. The number of rotatable bonds is 2. The Morgan fingerprint density at radius 2 is 1.95 bits per heavy atom. The summed E-state index contributed by atoms with van der Waals surface area (Å²) in [6.45, 7) is 0. The zero-order valence-electron chi connectivity index (χ0n) is 10.9. The van der Waals surface area contributed by atoms with Crippen LogP contribution in [0.4, 0.5) is 10.3 Å². The molecule has 3 rings (SSSR count). The highest BCUT2D eigenvalue weighted by atomic mass is 35.5. The first-order valence-electron chi connectivity index (χ1n) is 5.98. The van der Waals surface area contributed by atoms with E-state index in [1.54, 1.807) is 29.9 Å². The topological polar surface area (TPSA) is 53.1 Å². The van der Waals surface area contributed by atoms with E-state index in [1.165, 1.54) is 12.1 Å². The van der Waals surface area contributed by atoms with Crippen molar-refractivity contribution in [3.05, 3.63) is 46.2 Å². The molecule has 0 spiro atoms. The molecule has 0 radical (unpaired) electrons. The molecule has 21 heavy (non-hydrogen) atoms. The van der Waals surface area contributed by atoms with Crippen molar-refractivity contribution in [2.45, 2.75) is 0 Å². The van der Waals surface area contributed by atoms with Gasteiger partial charge < -0.3 is 10.5 Å². The van der Waals surface area contributed by atoms with Gasteiger partial charge in [0.25, 0.3) is 0 Å². The maximum absolute atomic E-state index is 13.7. The Hall–Kier alpha value is -1.98. The van der Waals surface area contributed by atoms with Crippen LogP contribution < -0.4 is 10.5 Å². The molecule has 0 aliphatic carbocycles. The number of ether oxygens (including phenoxy) is 1. The average molecular weight is 326 g/mol. The largest absolute Gasteiger partial charge is 0.497 e. The van der Waals surface area contributed by atoms with Gasteiger partial charge in [0.1, 0.15) is 11.6 Å². The van der Waals surface area contributed by atoms with Gasteiger partial charge in [0.05, 0.1) is 33.9 Å². The fourth-order valence-electron chi connectivity index (χ4n) is 2.14. The number of benzene rings is 2. The van der Waals surface area contributed by atoms with E-state index in [0.29, 0.717) is 27.5 Å². The summed E-state index contributed by atoms with van der Waals surface area (Å²) in [6.07, 6.45) is 0. The summed E-state index contributed by atoms with van der Waals surface area (Å²) in [6, 6.07) is 7.79. The van der Waals surface area contributed by atoms with Crippen LogP contribution in [0.15, 0.2) is 30.3 Å². The van der Waals surface area contributed by atoms with Gasteiger partial charge in [0.15, 0.2) is 0 Å². The zero-order valence-corrected chi connectivity index (χ0v) is 12.4. The number of fused-ring (bicyclic) bond motifs is 1. The van der Waals surface area contributed by atoms with Crippen LogP contribution in [-0.4, -0.2) is 16.7 Å². The van der Waals surface area contributed by atoms with Crippen molar-refractivity contribution in [1.29, 1.82) is 0 Å². The molecule has 2 aromatic carbocycles. The summed E-state index contributed by atoms with van der Waals surface area (Å²) in [5.41, 5.74) is 7.45. The lowest BCUT2D eigenvalue weighted by Crippen LogP contribution is -2.02. The third kappa shape index (κ3) is 2.28. The molecule has 0 fully saturated rings. The summed E-state index contributed by atoms with van der Waals surface area (Å²) in [5, 5.41) is 0.432. The van der Waals surface area contributed by atoms with E-state index in [-0.39, 0.29) is 11.0 Å². The number of hydrogen-bond acceptors (Lipinski definition) is 3. The monoisotopic (exact) mass is 325 g/mol. The number of aromatic nitrogens is 2. The van der Waals surface area contributed by atoms with E-state index < -0.39 is 5.82 Å². The van der Waals surface area contributed by atoms with Gasteiger partial charge in [-0.25, -0.2) is 9.37 Å². The highest BCUT2D eigenvalue weighted by molar-refractivity contribution is 6.32. The molecule has 0 aliphatic rings. The highest BCUT2D eigenvalue weighted by Crippen LogP contribution is 2.32. The average Bonchev–Trinajstić information content (AvgIpc) is 2.75. The van der Waals surface area contributed by atoms with E-state index in [2.05, 4.69) is 4.98 Å². The molecule has 0 amide bonds. The SMILES string of the molecule is COc1ccc(Cl)c(-n2c(N)nc3cc(Cl)c(F)cc32)c1. The fourth-order valence-corrected chi connectivity index (χ4v) is 2.50. The third-order valence-electron chi connectivity index (χ3n) is 3.12. The minimum Gasteiger partial charge on any atom is -0.497 e. The normalized spacial score (nSPS) is 11.0. The van der Waals surface area contributed by atoms with E-state index in [4.69, 9.17) is 33.7 Å². The van der Waals surface area contributed by atoms with Gasteiger partial charge in [0.2, 0.25) is 5.95 Å². The quantitative estimate of drug-likeness (QED) is 0.772. The molecule has 0 saturated carbocycles. The van der Waals surface area contributed by atoms with Gasteiger partial charge >= 0.3 is 0 Å². The van der Waals surface area contributed by atoms with E-state index in [9.17, 15) is 4.39 Å². The zero-order chi connectivity index (χ0) is 15.1. The van der Waals surface area contributed by atoms with Crippen LogP contribution in [0.2, 0.25) is 10.0 Å². The molecule has 0 unspecified atom stereocenters. The minimum atomic E-state index is -0.552. The van der Waals surface area contributed by atoms with Crippen LogP contribution in [0.5, 0.6) is 5.75 Å². The van der Waals surface area contributed by atoms with Crippen molar-refractivity contribution in [3.63, 3.8) is 0 Å². The molecular weight excluding hydrogens is 316 g/mol. The standard InChI is InChI=1S/C14H10Cl2FN3O/c1-21-7-2-3-8(15)12(4-7)20-13-6-10(17)9(16)5-11(13)19-14(20)18/h2-6H,1H3,(H2,18,19). The fraction of sp³-hybridized carbons (Fsp3) is 0.0714. The molecule has 4 nitrogen and oxygen atoms in total. The number of hydrogen-bond donors (Lipinski definition) is 1. The predicted octanol–water partition coefficient (Wildman–Crippen LogP) is 4.06. The van der Waals surface area contributed by atoms with Gasteiger partial charge in [-0.3, -0.25) is 4.57 Å². The summed E-state index contributed by atoms with van der Waals surface area (Å²) < 4.78 is 20.5. The summed E-state index contributed by atoms with van der Waals surface area (Å²) in [4.78, 5) is 4.18. The van der Waals surface area contributed by atoms with E-state index in [0.717, 1.165) is 0 Å². The molecule has 108 valence electrons. The number of nitrogens with two attached hydrogens (primary N) is 1. The van der Waals surface area contributed by atoms with Crippen LogP contribution in [0, 0.1) is 5.82 Å². The first kappa shape index (κ1) is 14.0. The van der Waals surface area contributed by atoms with Crippen molar-refractivity contribution in [2.75, 3.05) is 12.8 Å². The van der Waals surface area contributed by atoms with Crippen LogP contribution in [0.25, 0.3) is 16.7 Å². The minimum absolute atomic E-state index is 0.0103. The number of halogens is 3. The summed E-state index contributed by atoms with van der Waals surface area (Å²) in [5.74, 6) is 0.233. The molecule has 3 aromatic rings. The third-order valence-corrected chi connectivity index (χ3v) is 3.73. The lowest BCUT2D eigenvalue weighted by molar-refractivity contribution is 0.414. The number of anilines is 1. The lowest BCUT2D eigenvalue weighted by atomic mass is 10.2. The maximum atomic E-state index is 13.7. The van der Waals surface area contributed by atoms with E-state index >= 15 is 0 Å². The van der Waals surface area contributed by atoms with Crippen LogP contribution in [0.3, 0.4) is 0 Å². The predicted molar refractivity (Wildman–Crippen MR) is 82.0 cm³/mol. The van der Waals surface area contributed by atoms with Gasteiger partial charge in [-0.2, -0.15) is 0 Å². The van der Waals surface area contributed by atoms with Crippen LogP contribution >= 0.6 is 23.2 Å². The molecule has 0 saturated heterocycles. The molecule has 0 atom stereocenters. The van der Waals surface area contributed by atoms with Crippen molar-refractivity contribution < 1.29 is 9.13 Å². The number of imidazole rings is 1. The van der Waals surface area contributed by atoms with Crippen molar-refractivity contribution >= 4 is 40.2 Å². The summed E-state index contributed by atoms with van der Waals surface area (Å²) >= 11 is 12.0. The molecule has 1 heterocycles. The smallest absolute Gasteiger partial charge is 0.205 e. The Morgan fingerprint density at radius 1 is 1.19 bits per heavy atom. The second-order valence-electron chi connectivity index (χ2n) is 4.38. The second-order valence-corrected chi connectivity index (χ2v) is 5.19. The molecule has 1 aromatic heterocycles. The second kappa shape index (κ2) is 5.09. The van der Waals surface area contributed by atoms with Gasteiger partial charge in [-0.1, -0.05) is 23.2 Å². The van der Waals surface area contributed by atoms with Crippen molar-refractivity contribution in [2.24, 2.45) is 0 Å². The Morgan fingerprint density at radius 3 is 2.67 bits per heavy atom.